The van der Waals surface area contributed by atoms with Crippen LogP contribution < -0.4 is 5.32 Å². The summed E-state index contributed by atoms with van der Waals surface area (Å²) in [5, 5.41) is 13.8. The Morgan fingerprint density at radius 2 is 2.00 bits per heavy atom. The minimum atomic E-state index is -0.473. The second-order valence-electron chi connectivity index (χ2n) is 4.66. The van der Waals surface area contributed by atoms with Crippen molar-refractivity contribution in [3.63, 3.8) is 0 Å². The minimum absolute atomic E-state index is 0.0235. The highest BCUT2D eigenvalue weighted by atomic mass is 32.1. The van der Waals surface area contributed by atoms with Crippen molar-refractivity contribution in [1.29, 1.82) is 0 Å². The second-order valence-corrected chi connectivity index (χ2v) is 5.69. The predicted octanol–water partition coefficient (Wildman–Crippen LogP) is 3.86. The lowest BCUT2D eigenvalue weighted by atomic mass is 10.2. The summed E-state index contributed by atoms with van der Waals surface area (Å²) >= 11 is 1.27. The summed E-state index contributed by atoms with van der Waals surface area (Å²) in [5.74, 6) is -0.303. The summed E-state index contributed by atoms with van der Waals surface area (Å²) in [5.41, 5.74) is 1.39. The third-order valence-corrected chi connectivity index (χ3v) is 3.99. The van der Waals surface area contributed by atoms with E-state index in [1.807, 2.05) is 30.3 Å². The number of fused-ring (bicyclic) bond motifs is 1. The Balaban J connectivity index is 1.74. The topological polar surface area (TPSA) is 85.1 Å². The van der Waals surface area contributed by atoms with Crippen LogP contribution in [0.15, 0.2) is 54.6 Å². The van der Waals surface area contributed by atoms with Crippen molar-refractivity contribution in [2.75, 3.05) is 5.32 Å². The maximum atomic E-state index is 11.9. The molecule has 0 aliphatic carbocycles. The number of aromatic nitrogens is 1. The molecule has 2 aromatic carbocycles. The van der Waals surface area contributed by atoms with Gasteiger partial charge in [0.05, 0.1) is 15.1 Å². The van der Waals surface area contributed by atoms with Gasteiger partial charge < -0.3 is 0 Å². The van der Waals surface area contributed by atoms with Crippen LogP contribution in [-0.4, -0.2) is 15.8 Å². The Morgan fingerprint density at radius 1 is 1.22 bits per heavy atom. The molecule has 0 unspecified atom stereocenters. The quantitative estimate of drug-likeness (QED) is 0.448. The molecule has 3 aromatic rings. The number of hydrogen-bond acceptors (Lipinski definition) is 5. The highest BCUT2D eigenvalue weighted by Gasteiger charge is 2.11. The molecule has 6 nitrogen and oxygen atoms in total. The molecule has 0 bridgehead atoms. The summed E-state index contributed by atoms with van der Waals surface area (Å²) in [6.45, 7) is 0. The van der Waals surface area contributed by atoms with Gasteiger partial charge in [-0.05, 0) is 17.7 Å². The van der Waals surface area contributed by atoms with Gasteiger partial charge in [0.1, 0.15) is 0 Å². The van der Waals surface area contributed by atoms with Gasteiger partial charge in [-0.1, -0.05) is 41.7 Å². The number of nitrogens with one attached hydrogen (secondary N) is 1. The lowest BCUT2D eigenvalue weighted by Crippen LogP contribution is -2.07. The standard InChI is InChI=1S/C16H11N3O3S/c20-15(9-6-11-4-2-1-3-5-11)18-16-17-13-10-12(19(21)22)7-8-14(13)23-16/h1-10H,(H,17,18,20)/b9-6+. The third kappa shape index (κ3) is 3.58. The van der Waals surface area contributed by atoms with Crippen LogP contribution in [0.5, 0.6) is 0 Å². The van der Waals surface area contributed by atoms with E-state index in [1.165, 1.54) is 29.5 Å². The smallest absolute Gasteiger partial charge is 0.271 e. The number of thiazole rings is 1. The zero-order chi connectivity index (χ0) is 16.2. The van der Waals surface area contributed by atoms with Crippen LogP contribution in [0.4, 0.5) is 10.8 Å². The number of non-ortho nitro benzene ring substituents is 1. The molecule has 1 amide bonds. The number of amides is 1. The lowest BCUT2D eigenvalue weighted by Gasteiger charge is -1.95. The van der Waals surface area contributed by atoms with Gasteiger partial charge in [0, 0.05) is 18.2 Å². The molecular formula is C16H11N3O3S. The molecule has 1 aromatic heterocycles. The summed E-state index contributed by atoms with van der Waals surface area (Å²) in [7, 11) is 0. The Kier molecular flexibility index (Phi) is 4.11. The normalized spacial score (nSPS) is 11.0. The van der Waals surface area contributed by atoms with Crippen LogP contribution >= 0.6 is 11.3 Å². The Bertz CT molecular complexity index is 903. The van der Waals surface area contributed by atoms with Crippen molar-refractivity contribution in [2.45, 2.75) is 0 Å². The maximum absolute atomic E-state index is 11.9. The molecule has 0 saturated heterocycles. The first kappa shape index (κ1) is 14.9. The molecule has 0 atom stereocenters. The molecule has 1 heterocycles. The van der Waals surface area contributed by atoms with Crippen molar-refractivity contribution in [2.24, 2.45) is 0 Å². The summed E-state index contributed by atoms with van der Waals surface area (Å²) in [4.78, 5) is 26.4. The zero-order valence-electron chi connectivity index (χ0n) is 11.8. The van der Waals surface area contributed by atoms with Crippen molar-refractivity contribution in [3.8, 4) is 0 Å². The fourth-order valence-corrected chi connectivity index (χ4v) is 2.82. The summed E-state index contributed by atoms with van der Waals surface area (Å²) in [6, 6.07) is 13.9. The molecule has 1 N–H and O–H groups in total. The van der Waals surface area contributed by atoms with E-state index in [-0.39, 0.29) is 11.6 Å². The van der Waals surface area contributed by atoms with Gasteiger partial charge in [0.25, 0.3) is 5.69 Å². The van der Waals surface area contributed by atoms with E-state index >= 15 is 0 Å². The van der Waals surface area contributed by atoms with Crippen LogP contribution in [0, 0.1) is 10.1 Å². The number of rotatable bonds is 4. The van der Waals surface area contributed by atoms with Gasteiger partial charge >= 0.3 is 0 Å². The number of nitrogens with zero attached hydrogens (tertiary/aromatic N) is 2. The zero-order valence-corrected chi connectivity index (χ0v) is 12.6. The van der Waals surface area contributed by atoms with Crippen LogP contribution in [0.2, 0.25) is 0 Å². The largest absolute Gasteiger partial charge is 0.298 e. The highest BCUT2D eigenvalue weighted by molar-refractivity contribution is 7.22. The van der Waals surface area contributed by atoms with Gasteiger partial charge in [0.15, 0.2) is 5.13 Å². The van der Waals surface area contributed by atoms with Gasteiger partial charge in [-0.2, -0.15) is 0 Å². The Hall–Kier alpha value is -3.06. The van der Waals surface area contributed by atoms with Crippen molar-refractivity contribution < 1.29 is 9.72 Å². The first-order valence-electron chi connectivity index (χ1n) is 6.71. The molecule has 0 fully saturated rings. The van der Waals surface area contributed by atoms with E-state index < -0.39 is 4.92 Å². The van der Waals surface area contributed by atoms with Gasteiger partial charge in [-0.15, -0.1) is 0 Å². The van der Waals surface area contributed by atoms with Gasteiger partial charge in [-0.25, -0.2) is 4.98 Å². The van der Waals surface area contributed by atoms with Gasteiger partial charge in [0.2, 0.25) is 5.91 Å². The van der Waals surface area contributed by atoms with Crippen LogP contribution in [0.1, 0.15) is 5.56 Å². The first-order chi connectivity index (χ1) is 11.1. The van der Waals surface area contributed by atoms with E-state index in [2.05, 4.69) is 10.3 Å². The SMILES string of the molecule is O=C(/C=C/c1ccccc1)Nc1nc2cc([N+](=O)[O-])ccc2s1. The predicted molar refractivity (Wildman–Crippen MR) is 90.4 cm³/mol. The van der Waals surface area contributed by atoms with E-state index in [1.54, 1.807) is 12.1 Å². The molecule has 0 saturated carbocycles. The Morgan fingerprint density at radius 3 is 2.74 bits per heavy atom. The molecule has 7 heteroatoms. The van der Waals surface area contributed by atoms with Crippen molar-refractivity contribution in [1.82, 2.24) is 4.98 Å². The van der Waals surface area contributed by atoms with Crippen LogP contribution in [0.25, 0.3) is 16.3 Å². The minimum Gasteiger partial charge on any atom is -0.298 e. The van der Waals surface area contributed by atoms with E-state index in [9.17, 15) is 14.9 Å². The van der Waals surface area contributed by atoms with E-state index in [0.717, 1.165) is 10.3 Å². The molecule has 0 spiro atoms. The number of carbonyl (C=O) groups is 1. The number of benzene rings is 2. The average molecular weight is 325 g/mol. The molecule has 0 aliphatic heterocycles. The molecule has 3 rings (SSSR count). The number of nitro benzene ring substituents is 1. The average Bonchev–Trinajstić information content (AvgIpc) is 2.95. The fraction of sp³-hybridized carbons (Fsp3) is 0. The second kappa shape index (κ2) is 6.37. The number of nitro groups is 1. The summed E-state index contributed by atoms with van der Waals surface area (Å²) < 4.78 is 0.776. The Labute approximate surface area is 135 Å². The van der Waals surface area contributed by atoms with E-state index in [4.69, 9.17) is 0 Å². The molecule has 0 radical (unpaired) electrons. The summed E-state index contributed by atoms with van der Waals surface area (Å²) in [6.07, 6.45) is 3.12. The monoisotopic (exact) mass is 325 g/mol. The lowest BCUT2D eigenvalue weighted by molar-refractivity contribution is -0.384. The third-order valence-electron chi connectivity index (χ3n) is 3.04. The van der Waals surface area contributed by atoms with Crippen LogP contribution in [-0.2, 0) is 4.79 Å². The van der Waals surface area contributed by atoms with Gasteiger partial charge in [-0.3, -0.25) is 20.2 Å². The molecule has 23 heavy (non-hydrogen) atoms. The van der Waals surface area contributed by atoms with Crippen molar-refractivity contribution in [3.05, 3.63) is 70.3 Å². The number of anilines is 1. The number of hydrogen-bond donors (Lipinski definition) is 1. The van der Waals surface area contributed by atoms with E-state index in [0.29, 0.717) is 10.6 Å². The van der Waals surface area contributed by atoms with Crippen molar-refractivity contribution >= 4 is 44.4 Å². The first-order valence-corrected chi connectivity index (χ1v) is 7.52. The molecular weight excluding hydrogens is 314 g/mol. The maximum Gasteiger partial charge on any atom is 0.271 e. The van der Waals surface area contributed by atoms with Crippen LogP contribution in [0.3, 0.4) is 0 Å². The number of carbonyl (C=O) groups excluding carboxylic acids is 1. The molecule has 114 valence electrons. The highest BCUT2D eigenvalue weighted by Crippen LogP contribution is 2.28. The molecule has 0 aliphatic rings. The fourth-order valence-electron chi connectivity index (χ4n) is 1.97.